The maximum atomic E-state index is 5.66. The number of hydrogen-bond acceptors (Lipinski definition) is 3. The minimum Gasteiger partial charge on any atom is -0.330 e. The lowest BCUT2D eigenvalue weighted by Crippen LogP contribution is -2.08. The van der Waals surface area contributed by atoms with Crippen LogP contribution in [-0.2, 0) is 6.42 Å². The van der Waals surface area contributed by atoms with E-state index < -0.39 is 0 Å². The van der Waals surface area contributed by atoms with Gasteiger partial charge in [0, 0.05) is 25.0 Å². The summed E-state index contributed by atoms with van der Waals surface area (Å²) in [6.45, 7) is 0.594. The number of nitrogens with two attached hydrogens (primary N) is 1. The van der Waals surface area contributed by atoms with Crippen molar-refractivity contribution in [1.29, 1.82) is 0 Å². The molecule has 0 spiro atoms. The number of imidazole rings is 1. The summed E-state index contributed by atoms with van der Waals surface area (Å²) >= 11 is 0. The summed E-state index contributed by atoms with van der Waals surface area (Å²) < 4.78 is 3.84. The van der Waals surface area contributed by atoms with Gasteiger partial charge in [0.05, 0.1) is 5.69 Å². The molecule has 3 heterocycles. The topological polar surface area (TPSA) is 61.1 Å². The second kappa shape index (κ2) is 4.03. The number of rotatable bonds is 3. The second-order valence-electron chi connectivity index (χ2n) is 3.80. The molecule has 0 fully saturated rings. The highest BCUT2D eigenvalue weighted by molar-refractivity contribution is 5.48. The molecule has 0 saturated carbocycles. The highest BCUT2D eigenvalue weighted by Crippen LogP contribution is 2.16. The predicted octanol–water partition coefficient (Wildman–Crippen LogP) is 1.02. The van der Waals surface area contributed by atoms with Crippen LogP contribution in [0.5, 0.6) is 0 Å². The molecule has 3 aromatic heterocycles. The second-order valence-corrected chi connectivity index (χ2v) is 3.80. The van der Waals surface area contributed by atoms with E-state index in [0.29, 0.717) is 6.54 Å². The van der Waals surface area contributed by atoms with Gasteiger partial charge in [-0.25, -0.2) is 9.67 Å². The molecule has 3 aromatic rings. The fourth-order valence-corrected chi connectivity index (χ4v) is 1.98. The van der Waals surface area contributed by atoms with E-state index in [1.165, 1.54) is 0 Å². The third kappa shape index (κ3) is 1.60. The van der Waals surface area contributed by atoms with Gasteiger partial charge < -0.3 is 10.1 Å². The van der Waals surface area contributed by atoms with Gasteiger partial charge in [0.25, 0.3) is 0 Å². The maximum absolute atomic E-state index is 5.66. The van der Waals surface area contributed by atoms with Gasteiger partial charge in [0.1, 0.15) is 5.65 Å². The first-order valence-corrected chi connectivity index (χ1v) is 5.56. The first-order valence-electron chi connectivity index (χ1n) is 5.56. The Hall–Kier alpha value is -2.14. The first kappa shape index (κ1) is 10.0. The Labute approximate surface area is 98.5 Å². The molecule has 86 valence electrons. The number of fused-ring (bicyclic) bond motifs is 1. The Balaban J connectivity index is 2.26. The van der Waals surface area contributed by atoms with Gasteiger partial charge in [0.2, 0.25) is 0 Å². The lowest BCUT2D eigenvalue weighted by Gasteiger charge is -2.02. The molecule has 0 saturated heterocycles. The average Bonchev–Trinajstić information content (AvgIpc) is 2.97. The third-order valence-electron chi connectivity index (χ3n) is 2.71. The minimum atomic E-state index is 0.594. The lowest BCUT2D eigenvalue weighted by atomic mass is 10.3. The van der Waals surface area contributed by atoms with Crippen molar-refractivity contribution in [3.63, 3.8) is 0 Å². The SMILES string of the molecule is NCCc1c(-n2cccn2)nc2ccccn12. The van der Waals surface area contributed by atoms with Crippen LogP contribution in [0.25, 0.3) is 11.5 Å². The first-order chi connectivity index (χ1) is 8.40. The summed E-state index contributed by atoms with van der Waals surface area (Å²) in [5, 5.41) is 4.22. The number of hydrogen-bond donors (Lipinski definition) is 1. The monoisotopic (exact) mass is 227 g/mol. The van der Waals surface area contributed by atoms with Crippen molar-refractivity contribution in [3.8, 4) is 5.82 Å². The van der Waals surface area contributed by atoms with Crippen molar-refractivity contribution >= 4 is 5.65 Å². The summed E-state index contributed by atoms with van der Waals surface area (Å²) in [5.74, 6) is 0.853. The standard InChI is InChI=1S/C12H13N5/c13-6-5-10-12(17-9-3-7-14-17)15-11-4-1-2-8-16(10)11/h1-4,7-9H,5-6,13H2. The van der Waals surface area contributed by atoms with Crippen LogP contribution < -0.4 is 5.73 Å². The van der Waals surface area contributed by atoms with Crippen molar-refractivity contribution in [2.45, 2.75) is 6.42 Å². The molecule has 0 radical (unpaired) electrons. The average molecular weight is 227 g/mol. The van der Waals surface area contributed by atoms with E-state index >= 15 is 0 Å². The summed E-state index contributed by atoms with van der Waals surface area (Å²) in [4.78, 5) is 4.58. The quantitative estimate of drug-likeness (QED) is 0.726. The summed E-state index contributed by atoms with van der Waals surface area (Å²) in [6.07, 6.45) is 6.42. The minimum absolute atomic E-state index is 0.594. The fraction of sp³-hybridized carbons (Fsp3) is 0.167. The van der Waals surface area contributed by atoms with Crippen LogP contribution >= 0.6 is 0 Å². The van der Waals surface area contributed by atoms with Crippen molar-refractivity contribution in [1.82, 2.24) is 19.2 Å². The van der Waals surface area contributed by atoms with Gasteiger partial charge in [-0.1, -0.05) is 6.07 Å². The Bertz CT molecular complexity index is 623. The van der Waals surface area contributed by atoms with Crippen LogP contribution in [0.2, 0.25) is 0 Å². The predicted molar refractivity (Wildman–Crippen MR) is 65.1 cm³/mol. The number of aromatic nitrogens is 4. The van der Waals surface area contributed by atoms with E-state index in [4.69, 9.17) is 5.73 Å². The normalized spacial score (nSPS) is 11.1. The Morgan fingerprint density at radius 3 is 2.88 bits per heavy atom. The van der Waals surface area contributed by atoms with Gasteiger partial charge in [-0.2, -0.15) is 5.10 Å². The highest BCUT2D eigenvalue weighted by atomic mass is 15.3. The fourth-order valence-electron chi connectivity index (χ4n) is 1.98. The third-order valence-corrected chi connectivity index (χ3v) is 2.71. The molecule has 5 nitrogen and oxygen atoms in total. The zero-order valence-corrected chi connectivity index (χ0v) is 9.32. The molecule has 5 heteroatoms. The van der Waals surface area contributed by atoms with Crippen LogP contribution in [0.1, 0.15) is 5.69 Å². The summed E-state index contributed by atoms with van der Waals surface area (Å²) in [6, 6.07) is 7.83. The van der Waals surface area contributed by atoms with Gasteiger partial charge in [-0.3, -0.25) is 0 Å². The molecule has 0 aromatic carbocycles. The molecular weight excluding hydrogens is 214 g/mol. The van der Waals surface area contributed by atoms with Crippen molar-refractivity contribution in [2.24, 2.45) is 5.73 Å². The van der Waals surface area contributed by atoms with Crippen molar-refractivity contribution in [3.05, 3.63) is 48.5 Å². The molecular formula is C12H13N5. The molecule has 0 aliphatic carbocycles. The zero-order chi connectivity index (χ0) is 11.7. The zero-order valence-electron chi connectivity index (χ0n) is 9.32. The number of pyridine rings is 1. The highest BCUT2D eigenvalue weighted by Gasteiger charge is 2.12. The van der Waals surface area contributed by atoms with E-state index in [-0.39, 0.29) is 0 Å². The molecule has 0 unspecified atom stereocenters. The molecule has 0 amide bonds. The molecule has 0 aliphatic rings. The van der Waals surface area contributed by atoms with Gasteiger partial charge in [0.15, 0.2) is 5.82 Å². The Kier molecular flexibility index (Phi) is 2.38. The van der Waals surface area contributed by atoms with E-state index in [1.807, 2.05) is 36.7 Å². The maximum Gasteiger partial charge on any atom is 0.175 e. The van der Waals surface area contributed by atoms with Gasteiger partial charge in [-0.15, -0.1) is 0 Å². The van der Waals surface area contributed by atoms with Gasteiger partial charge >= 0.3 is 0 Å². The summed E-state index contributed by atoms with van der Waals surface area (Å²) in [5.41, 5.74) is 7.67. The molecule has 3 rings (SSSR count). The smallest absolute Gasteiger partial charge is 0.175 e. The van der Waals surface area contributed by atoms with Crippen molar-refractivity contribution < 1.29 is 0 Å². The molecule has 0 bridgehead atoms. The van der Waals surface area contributed by atoms with Crippen LogP contribution in [0.15, 0.2) is 42.9 Å². The largest absolute Gasteiger partial charge is 0.330 e. The van der Waals surface area contributed by atoms with E-state index in [1.54, 1.807) is 10.9 Å². The van der Waals surface area contributed by atoms with E-state index in [2.05, 4.69) is 14.5 Å². The lowest BCUT2D eigenvalue weighted by molar-refractivity contribution is 0.816. The van der Waals surface area contributed by atoms with E-state index in [9.17, 15) is 0 Å². The van der Waals surface area contributed by atoms with Crippen LogP contribution in [0.3, 0.4) is 0 Å². The summed E-state index contributed by atoms with van der Waals surface area (Å²) in [7, 11) is 0. The molecule has 17 heavy (non-hydrogen) atoms. The molecule has 0 atom stereocenters. The van der Waals surface area contributed by atoms with Gasteiger partial charge in [-0.05, 0) is 24.7 Å². The van der Waals surface area contributed by atoms with Crippen LogP contribution in [0, 0.1) is 0 Å². The Morgan fingerprint density at radius 1 is 1.18 bits per heavy atom. The van der Waals surface area contributed by atoms with Crippen LogP contribution in [0.4, 0.5) is 0 Å². The molecule has 0 aliphatic heterocycles. The molecule has 2 N–H and O–H groups in total. The Morgan fingerprint density at radius 2 is 2.12 bits per heavy atom. The van der Waals surface area contributed by atoms with Crippen LogP contribution in [-0.4, -0.2) is 25.7 Å². The van der Waals surface area contributed by atoms with Crippen molar-refractivity contribution in [2.75, 3.05) is 6.54 Å². The number of nitrogens with zero attached hydrogens (tertiary/aromatic N) is 4. The van der Waals surface area contributed by atoms with E-state index in [0.717, 1.165) is 23.6 Å².